The van der Waals surface area contributed by atoms with E-state index in [0.29, 0.717) is 71.3 Å². The highest BCUT2D eigenvalue weighted by atomic mass is 32.1. The minimum absolute atomic E-state index is 0.0159. The molecule has 0 spiro atoms. The summed E-state index contributed by atoms with van der Waals surface area (Å²) in [4.78, 5) is 78.1. The van der Waals surface area contributed by atoms with E-state index in [4.69, 9.17) is 24.5 Å². The second-order valence-electron chi connectivity index (χ2n) is 22.2. The highest BCUT2D eigenvalue weighted by molar-refractivity contribution is 7.13. The van der Waals surface area contributed by atoms with Gasteiger partial charge < -0.3 is 44.8 Å². The molecule has 4 amide bonds. The first kappa shape index (κ1) is 55.0. The molecule has 416 valence electrons. The van der Waals surface area contributed by atoms with Crippen molar-refractivity contribution >= 4 is 46.5 Å². The van der Waals surface area contributed by atoms with Crippen molar-refractivity contribution in [1.82, 2.24) is 45.2 Å². The fourth-order valence-electron chi connectivity index (χ4n) is 10.5. The number of aryl methyl sites for hydroxylation is 2. The second kappa shape index (κ2) is 23.6. The van der Waals surface area contributed by atoms with Crippen LogP contribution in [0.3, 0.4) is 0 Å². The molecule has 3 aliphatic heterocycles. The summed E-state index contributed by atoms with van der Waals surface area (Å²) >= 11 is 1.54. The molecular weight excluding hydrogens is 1030 g/mol. The SMILES string of the molecule is Cc1cccc(-c2ccn(-c3cc(N4CCOCC4)nc(OCCc4ccc(N5CCN(C(=O)CC[C@H](NC(=O)[C@@H]6C[C@@H](O)CN6C(=O)[C@@H](NC(=O)C6(F)CC6)C(C)(C)C)c6ccc(-c7scnc7C)cc6)CC5)cc4)n3)n2)c1. The number of amides is 4. The molecule has 3 saturated heterocycles. The molecule has 1 saturated carbocycles. The number of piperazine rings is 1. The fraction of sp³-hybridized carbons (Fsp3) is 0.458. The average molecular weight is 1100 g/mol. The van der Waals surface area contributed by atoms with Crippen molar-refractivity contribution in [3.8, 4) is 33.5 Å². The molecule has 0 bridgehead atoms. The highest BCUT2D eigenvalue weighted by Crippen LogP contribution is 2.41. The van der Waals surface area contributed by atoms with Gasteiger partial charge in [-0.15, -0.1) is 11.3 Å². The topological polar surface area (TPSA) is 200 Å². The fourth-order valence-corrected chi connectivity index (χ4v) is 11.3. The van der Waals surface area contributed by atoms with Crippen LogP contribution in [0.15, 0.2) is 96.6 Å². The van der Waals surface area contributed by atoms with Crippen molar-refractivity contribution < 1.29 is 38.1 Å². The van der Waals surface area contributed by atoms with Crippen molar-refractivity contribution in [3.63, 3.8) is 0 Å². The molecule has 6 heterocycles. The first-order valence-electron chi connectivity index (χ1n) is 27.4. The number of β-amino-alcohol motifs (C(OH)–C–C–N with tert-alkyl or cyclic N) is 1. The van der Waals surface area contributed by atoms with E-state index in [1.165, 1.54) is 16.2 Å². The number of hydrogen-bond donors (Lipinski definition) is 3. The maximum Gasteiger partial charge on any atom is 0.320 e. The highest BCUT2D eigenvalue weighted by Gasteiger charge is 2.53. The maximum atomic E-state index is 14.8. The number of thiazole rings is 1. The number of rotatable bonds is 18. The van der Waals surface area contributed by atoms with Crippen molar-refractivity contribution in [2.75, 3.05) is 75.4 Å². The molecule has 4 aliphatic rings. The lowest BCUT2D eigenvalue weighted by atomic mass is 9.85. The van der Waals surface area contributed by atoms with Gasteiger partial charge in [0.05, 0.1) is 53.7 Å². The predicted molar refractivity (Wildman–Crippen MR) is 300 cm³/mol. The van der Waals surface area contributed by atoms with E-state index in [0.717, 1.165) is 55.6 Å². The van der Waals surface area contributed by atoms with Gasteiger partial charge >= 0.3 is 6.01 Å². The van der Waals surface area contributed by atoms with E-state index >= 15 is 0 Å². The first-order chi connectivity index (χ1) is 38.0. The summed E-state index contributed by atoms with van der Waals surface area (Å²) in [5.41, 5.74) is 6.83. The molecule has 0 radical (unpaired) electrons. The van der Waals surface area contributed by atoms with Gasteiger partial charge in [-0.1, -0.05) is 80.9 Å². The van der Waals surface area contributed by atoms with Crippen LogP contribution in [0.4, 0.5) is 15.9 Å². The number of likely N-dealkylation sites (tertiary alicyclic amines) is 1. The zero-order valence-electron chi connectivity index (χ0n) is 45.6. The third-order valence-corrected chi connectivity index (χ3v) is 16.3. The third-order valence-electron chi connectivity index (χ3n) is 15.3. The molecule has 4 fully saturated rings. The number of benzene rings is 3. The Labute approximate surface area is 464 Å². The molecule has 6 aromatic rings. The Bertz CT molecular complexity index is 3130. The Hall–Kier alpha value is -7.29. The van der Waals surface area contributed by atoms with Crippen LogP contribution >= 0.6 is 11.3 Å². The smallest absolute Gasteiger partial charge is 0.320 e. The van der Waals surface area contributed by atoms with Gasteiger partial charge in [0.25, 0.3) is 5.91 Å². The molecular formula is C59H70FN11O7S. The van der Waals surface area contributed by atoms with Crippen LogP contribution in [0, 0.1) is 19.3 Å². The molecule has 4 atom stereocenters. The number of nitrogens with zero attached hydrogens (tertiary/aromatic N) is 9. The van der Waals surface area contributed by atoms with Crippen molar-refractivity contribution in [2.24, 2.45) is 5.41 Å². The van der Waals surface area contributed by atoms with Gasteiger partial charge in [0, 0.05) is 88.6 Å². The number of aliphatic hydroxyl groups is 1. The van der Waals surface area contributed by atoms with E-state index in [1.807, 2.05) is 66.6 Å². The molecule has 1 aliphatic carbocycles. The molecule has 10 rings (SSSR count). The van der Waals surface area contributed by atoms with Crippen molar-refractivity contribution in [1.29, 1.82) is 0 Å². The number of aliphatic hydroxyl groups excluding tert-OH is 1. The van der Waals surface area contributed by atoms with E-state index in [9.17, 15) is 28.7 Å². The molecule has 20 heteroatoms. The van der Waals surface area contributed by atoms with Crippen LogP contribution in [0.25, 0.3) is 27.5 Å². The van der Waals surface area contributed by atoms with Crippen LogP contribution in [0.5, 0.6) is 6.01 Å². The van der Waals surface area contributed by atoms with Crippen LogP contribution in [-0.4, -0.2) is 153 Å². The number of aromatic nitrogens is 5. The Morgan fingerprint density at radius 3 is 2.29 bits per heavy atom. The largest absolute Gasteiger partial charge is 0.463 e. The molecule has 18 nitrogen and oxygen atoms in total. The minimum atomic E-state index is -2.00. The summed E-state index contributed by atoms with van der Waals surface area (Å²) in [6.07, 6.45) is 2.15. The Balaban J connectivity index is 0.750. The Morgan fingerprint density at radius 1 is 0.873 bits per heavy atom. The molecule has 3 N–H and O–H groups in total. The lowest BCUT2D eigenvalue weighted by Gasteiger charge is -2.36. The quantitative estimate of drug-likeness (QED) is 0.0812. The summed E-state index contributed by atoms with van der Waals surface area (Å²) in [6.45, 7) is 14.5. The summed E-state index contributed by atoms with van der Waals surface area (Å²) in [7, 11) is 0. The van der Waals surface area contributed by atoms with Crippen molar-refractivity contribution in [3.05, 3.63) is 119 Å². The van der Waals surface area contributed by atoms with Gasteiger partial charge in [0.15, 0.2) is 11.5 Å². The number of nitrogens with one attached hydrogen (secondary N) is 2. The van der Waals surface area contributed by atoms with E-state index < -0.39 is 53.0 Å². The van der Waals surface area contributed by atoms with Gasteiger partial charge in [0.2, 0.25) is 17.7 Å². The normalized spacial score (nSPS) is 19.0. The number of carbonyl (C=O) groups is 4. The van der Waals surface area contributed by atoms with Crippen LogP contribution in [0.2, 0.25) is 0 Å². The van der Waals surface area contributed by atoms with E-state index in [2.05, 4.69) is 68.7 Å². The zero-order chi connectivity index (χ0) is 55.4. The van der Waals surface area contributed by atoms with Gasteiger partial charge in [-0.3, -0.25) is 19.2 Å². The van der Waals surface area contributed by atoms with E-state index in [1.54, 1.807) is 31.0 Å². The van der Waals surface area contributed by atoms with Crippen LogP contribution in [-0.2, 0) is 30.3 Å². The standard InChI is InChI=1S/C59H70FN11O7S/c1-38-7-6-8-43(33-38)47-19-23-71(66-47)50-35-49(68-28-31-77-32-29-68)63-57(64-50)78-30-20-40-9-15-44(16-10-40)67-24-26-69(27-25-67)51(73)18-17-46(41-11-13-42(14-12-41)52-39(2)61-37-79-52)62-54(74)48-34-45(72)36-70(48)55(75)53(58(3,4)5)65-56(76)59(60)21-22-59/h6-16,19,23,33,35,37,45-46,48,53,72H,17-18,20-22,24-32,34,36H2,1-5H3,(H,62,74)(H,65,76)/t45-,46+,48+,53-/m1/s1. The monoisotopic (exact) mass is 1100 g/mol. The number of anilines is 2. The van der Waals surface area contributed by atoms with Crippen molar-refractivity contribution in [2.45, 2.75) is 103 Å². The molecule has 3 aromatic heterocycles. The summed E-state index contributed by atoms with van der Waals surface area (Å²) < 4.78 is 28.4. The lowest BCUT2D eigenvalue weighted by molar-refractivity contribution is -0.145. The minimum Gasteiger partial charge on any atom is -0.463 e. The average Bonchev–Trinajstić information content (AvgIpc) is 3.82. The molecule has 79 heavy (non-hydrogen) atoms. The van der Waals surface area contributed by atoms with Crippen LogP contribution < -0.4 is 25.2 Å². The van der Waals surface area contributed by atoms with Gasteiger partial charge in [-0.05, 0) is 79.5 Å². The molecule has 3 aromatic carbocycles. The Morgan fingerprint density at radius 2 is 1.61 bits per heavy atom. The maximum absolute atomic E-state index is 14.8. The predicted octanol–water partition coefficient (Wildman–Crippen LogP) is 6.81. The number of alkyl halides is 1. The molecule has 0 unspecified atom stereocenters. The number of halogens is 1. The number of hydrogen-bond acceptors (Lipinski definition) is 14. The third kappa shape index (κ3) is 13.1. The number of ether oxygens (including phenoxy) is 2. The lowest BCUT2D eigenvalue weighted by Crippen LogP contribution is -2.59. The van der Waals surface area contributed by atoms with E-state index in [-0.39, 0.29) is 50.6 Å². The second-order valence-corrected chi connectivity index (χ2v) is 23.1. The van der Waals surface area contributed by atoms with Gasteiger partial charge in [-0.25, -0.2) is 14.1 Å². The summed E-state index contributed by atoms with van der Waals surface area (Å²) in [6, 6.07) is 25.8. The van der Waals surface area contributed by atoms with Crippen LogP contribution in [0.1, 0.15) is 81.3 Å². The Kier molecular flexibility index (Phi) is 16.4. The zero-order valence-corrected chi connectivity index (χ0v) is 46.4. The summed E-state index contributed by atoms with van der Waals surface area (Å²) in [5, 5.41) is 21.5. The number of morpholine rings is 1. The number of carbonyl (C=O) groups excluding carboxylic acids is 4. The summed E-state index contributed by atoms with van der Waals surface area (Å²) in [5.74, 6) is -0.562. The first-order valence-corrected chi connectivity index (χ1v) is 28.2. The van der Waals surface area contributed by atoms with Gasteiger partial charge in [-0.2, -0.15) is 15.1 Å². The van der Waals surface area contributed by atoms with Gasteiger partial charge in [0.1, 0.15) is 17.9 Å².